The van der Waals surface area contributed by atoms with Crippen molar-refractivity contribution in [3.8, 4) is 17.6 Å². The van der Waals surface area contributed by atoms with Crippen LogP contribution in [0.4, 0.5) is 11.4 Å². The molecular formula is C25H21N3O5. The lowest BCUT2D eigenvalue weighted by molar-refractivity contribution is -0.384. The molecule has 0 aliphatic carbocycles. The summed E-state index contributed by atoms with van der Waals surface area (Å²) in [5.74, 6) is 0.365. The Bertz CT molecular complexity index is 1250. The smallest absolute Gasteiger partial charge is 0.269 e. The van der Waals surface area contributed by atoms with E-state index in [4.69, 9.17) is 9.47 Å². The zero-order chi connectivity index (χ0) is 23.8. The molecule has 1 N–H and O–H groups in total. The predicted octanol–water partition coefficient (Wildman–Crippen LogP) is 5.04. The highest BCUT2D eigenvalue weighted by Crippen LogP contribution is 2.30. The molecule has 0 heterocycles. The Labute approximate surface area is 190 Å². The van der Waals surface area contributed by atoms with Crippen LogP contribution >= 0.6 is 0 Å². The van der Waals surface area contributed by atoms with Crippen LogP contribution in [0.1, 0.15) is 16.7 Å². The third-order valence-corrected chi connectivity index (χ3v) is 4.77. The van der Waals surface area contributed by atoms with Crippen LogP contribution in [0.2, 0.25) is 0 Å². The topological polar surface area (TPSA) is 114 Å². The maximum Gasteiger partial charge on any atom is 0.269 e. The highest BCUT2D eigenvalue weighted by atomic mass is 16.6. The highest BCUT2D eigenvalue weighted by molar-refractivity contribution is 6.10. The van der Waals surface area contributed by atoms with E-state index in [1.807, 2.05) is 36.4 Å². The minimum atomic E-state index is -0.627. The van der Waals surface area contributed by atoms with Crippen LogP contribution in [0.25, 0.3) is 6.08 Å². The van der Waals surface area contributed by atoms with Gasteiger partial charge in [-0.25, -0.2) is 0 Å². The van der Waals surface area contributed by atoms with E-state index in [1.165, 1.54) is 31.4 Å². The lowest BCUT2D eigenvalue weighted by Gasteiger charge is -2.12. The molecule has 0 bridgehead atoms. The first-order valence-corrected chi connectivity index (χ1v) is 9.94. The molecule has 0 saturated carbocycles. The molecule has 166 valence electrons. The Morgan fingerprint density at radius 3 is 2.52 bits per heavy atom. The Balaban J connectivity index is 1.76. The number of nitro groups is 1. The minimum Gasteiger partial charge on any atom is -0.493 e. The highest BCUT2D eigenvalue weighted by Gasteiger charge is 2.14. The zero-order valence-corrected chi connectivity index (χ0v) is 18.1. The number of methoxy groups -OCH3 is 1. The van der Waals surface area contributed by atoms with Crippen molar-refractivity contribution in [2.45, 2.75) is 13.5 Å². The summed E-state index contributed by atoms with van der Waals surface area (Å²) < 4.78 is 11.2. The van der Waals surface area contributed by atoms with Gasteiger partial charge in [0.25, 0.3) is 11.6 Å². The van der Waals surface area contributed by atoms with Crippen molar-refractivity contribution in [3.63, 3.8) is 0 Å². The number of anilines is 1. The van der Waals surface area contributed by atoms with Gasteiger partial charge >= 0.3 is 0 Å². The summed E-state index contributed by atoms with van der Waals surface area (Å²) in [5, 5.41) is 23.0. The van der Waals surface area contributed by atoms with Gasteiger partial charge in [0.2, 0.25) is 0 Å². The summed E-state index contributed by atoms with van der Waals surface area (Å²) in [4.78, 5) is 23.0. The van der Waals surface area contributed by atoms with Crippen LogP contribution in [0.5, 0.6) is 11.5 Å². The number of benzene rings is 3. The predicted molar refractivity (Wildman–Crippen MR) is 124 cm³/mol. The quantitative estimate of drug-likeness (QED) is 0.226. The average Bonchev–Trinajstić information content (AvgIpc) is 2.83. The summed E-state index contributed by atoms with van der Waals surface area (Å²) in [6, 6.07) is 20.7. The molecule has 3 aromatic carbocycles. The number of carbonyl (C=O) groups excluding carboxylic acids is 1. The molecule has 0 aliphatic heterocycles. The van der Waals surface area contributed by atoms with Crippen molar-refractivity contribution in [2.75, 3.05) is 12.4 Å². The second kappa shape index (κ2) is 10.6. The van der Waals surface area contributed by atoms with E-state index in [0.29, 0.717) is 34.9 Å². The lowest BCUT2D eigenvalue weighted by Crippen LogP contribution is -2.14. The van der Waals surface area contributed by atoms with Gasteiger partial charge in [0.1, 0.15) is 18.2 Å². The molecule has 1 amide bonds. The molecule has 3 aromatic rings. The standard InChI is InChI=1S/C25H21N3O5/c1-17-12-21(28(30)31)9-10-22(17)27-25(29)20(15-26)13-19-8-11-23(24(14-19)32-2)33-16-18-6-4-3-5-7-18/h3-14H,16H2,1-2H3,(H,27,29). The maximum atomic E-state index is 12.6. The van der Waals surface area contributed by atoms with Gasteiger partial charge in [-0.1, -0.05) is 36.4 Å². The molecule has 0 saturated heterocycles. The van der Waals surface area contributed by atoms with Crippen LogP contribution < -0.4 is 14.8 Å². The van der Waals surface area contributed by atoms with Gasteiger partial charge in [-0.15, -0.1) is 0 Å². The number of non-ortho nitro benzene ring substituents is 1. The number of nitrogens with zero attached hydrogens (tertiary/aromatic N) is 2. The first-order chi connectivity index (χ1) is 15.9. The van der Waals surface area contributed by atoms with E-state index < -0.39 is 10.8 Å². The molecule has 33 heavy (non-hydrogen) atoms. The van der Waals surface area contributed by atoms with E-state index >= 15 is 0 Å². The number of nitrogens with one attached hydrogen (secondary N) is 1. The number of amides is 1. The fourth-order valence-electron chi connectivity index (χ4n) is 3.04. The van der Waals surface area contributed by atoms with Gasteiger partial charge in [-0.3, -0.25) is 14.9 Å². The van der Waals surface area contributed by atoms with Crippen LogP contribution in [0, 0.1) is 28.4 Å². The summed E-state index contributed by atoms with van der Waals surface area (Å²) in [6.45, 7) is 2.00. The number of nitro benzene ring substituents is 1. The minimum absolute atomic E-state index is 0.0804. The Morgan fingerprint density at radius 2 is 1.88 bits per heavy atom. The van der Waals surface area contributed by atoms with Crippen LogP contribution in [0.15, 0.2) is 72.3 Å². The van der Waals surface area contributed by atoms with E-state index in [9.17, 15) is 20.2 Å². The summed E-state index contributed by atoms with van der Waals surface area (Å²) in [7, 11) is 1.51. The average molecular weight is 443 g/mol. The van der Waals surface area contributed by atoms with Crippen LogP contribution in [-0.4, -0.2) is 17.9 Å². The number of ether oxygens (including phenoxy) is 2. The number of nitriles is 1. The third kappa shape index (κ3) is 5.95. The van der Waals surface area contributed by atoms with Crippen molar-refractivity contribution in [3.05, 3.63) is 99.1 Å². The maximum absolute atomic E-state index is 12.6. The monoisotopic (exact) mass is 443 g/mol. The van der Waals surface area contributed by atoms with E-state index in [-0.39, 0.29) is 11.3 Å². The molecule has 0 fully saturated rings. The molecule has 0 radical (unpaired) electrons. The molecule has 0 unspecified atom stereocenters. The van der Waals surface area contributed by atoms with E-state index in [0.717, 1.165) is 5.56 Å². The van der Waals surface area contributed by atoms with Crippen LogP contribution in [-0.2, 0) is 11.4 Å². The lowest BCUT2D eigenvalue weighted by atomic mass is 10.1. The Hall–Kier alpha value is -4.64. The molecule has 0 spiro atoms. The zero-order valence-electron chi connectivity index (χ0n) is 18.1. The van der Waals surface area contributed by atoms with Crippen molar-refractivity contribution in [2.24, 2.45) is 0 Å². The van der Waals surface area contributed by atoms with E-state index in [2.05, 4.69) is 5.32 Å². The summed E-state index contributed by atoms with van der Waals surface area (Å²) in [5.41, 5.74) is 2.26. The first-order valence-electron chi connectivity index (χ1n) is 9.94. The first kappa shape index (κ1) is 23.0. The largest absolute Gasteiger partial charge is 0.493 e. The summed E-state index contributed by atoms with van der Waals surface area (Å²) in [6.07, 6.45) is 1.43. The third-order valence-electron chi connectivity index (χ3n) is 4.77. The van der Waals surface area contributed by atoms with Crippen molar-refractivity contribution in [1.82, 2.24) is 0 Å². The number of hydrogen-bond donors (Lipinski definition) is 1. The Morgan fingerprint density at radius 1 is 1.12 bits per heavy atom. The van der Waals surface area contributed by atoms with Gasteiger partial charge in [0.15, 0.2) is 11.5 Å². The summed E-state index contributed by atoms with van der Waals surface area (Å²) >= 11 is 0. The fourth-order valence-corrected chi connectivity index (χ4v) is 3.04. The fraction of sp³-hybridized carbons (Fsp3) is 0.120. The second-order valence-electron chi connectivity index (χ2n) is 7.06. The van der Waals surface area contributed by atoms with Crippen molar-refractivity contribution >= 4 is 23.4 Å². The Kier molecular flexibility index (Phi) is 7.39. The van der Waals surface area contributed by atoms with Crippen molar-refractivity contribution < 1.29 is 19.2 Å². The van der Waals surface area contributed by atoms with E-state index in [1.54, 1.807) is 25.1 Å². The number of hydrogen-bond acceptors (Lipinski definition) is 6. The molecule has 0 aliphatic rings. The second-order valence-corrected chi connectivity index (χ2v) is 7.06. The van der Waals surface area contributed by atoms with Gasteiger partial charge < -0.3 is 14.8 Å². The van der Waals surface area contributed by atoms with Gasteiger partial charge in [-0.2, -0.15) is 5.26 Å². The molecule has 3 rings (SSSR count). The molecule has 8 nitrogen and oxygen atoms in total. The van der Waals surface area contributed by atoms with Crippen molar-refractivity contribution in [1.29, 1.82) is 5.26 Å². The normalized spacial score (nSPS) is 10.8. The van der Waals surface area contributed by atoms with Gasteiger partial charge in [-0.05, 0) is 47.9 Å². The molecule has 8 heteroatoms. The number of aryl methyl sites for hydroxylation is 1. The van der Waals surface area contributed by atoms with Gasteiger partial charge in [0.05, 0.1) is 12.0 Å². The van der Waals surface area contributed by atoms with Crippen LogP contribution in [0.3, 0.4) is 0 Å². The SMILES string of the molecule is COc1cc(C=C(C#N)C(=O)Nc2ccc([N+](=O)[O-])cc2C)ccc1OCc1ccccc1. The number of carbonyl (C=O) groups is 1. The number of rotatable bonds is 8. The molecular weight excluding hydrogens is 422 g/mol. The van der Waals surface area contributed by atoms with Gasteiger partial charge in [0, 0.05) is 17.8 Å². The molecule has 0 atom stereocenters. The molecule has 0 aromatic heterocycles.